The fourth-order valence-electron chi connectivity index (χ4n) is 2.15. The molecular weight excluding hydrogens is 274 g/mol. The molecule has 0 heterocycles. The smallest absolute Gasteiger partial charge is 0.257 e. The van der Waals surface area contributed by atoms with E-state index in [2.05, 4.69) is 31.3 Å². The summed E-state index contributed by atoms with van der Waals surface area (Å²) >= 11 is 0. The Balaban J connectivity index is 1.81. The van der Waals surface area contributed by atoms with Crippen molar-refractivity contribution in [3.8, 4) is 5.75 Å². The second-order valence-electron chi connectivity index (χ2n) is 6.13. The van der Waals surface area contributed by atoms with E-state index in [0.29, 0.717) is 12.3 Å². The molecule has 0 saturated carbocycles. The Labute approximate surface area is 132 Å². The van der Waals surface area contributed by atoms with Crippen molar-refractivity contribution in [3.63, 3.8) is 0 Å². The zero-order chi connectivity index (χ0) is 16.0. The highest BCUT2D eigenvalue weighted by atomic mass is 16.5. The number of amides is 1. The normalized spacial score (nSPS) is 11.0. The second-order valence-corrected chi connectivity index (χ2v) is 6.13. The van der Waals surface area contributed by atoms with Gasteiger partial charge in [-0.15, -0.1) is 0 Å². The quantitative estimate of drug-likeness (QED) is 0.886. The molecular formula is C19H23NO2. The zero-order valence-corrected chi connectivity index (χ0v) is 13.4. The van der Waals surface area contributed by atoms with E-state index in [0.717, 1.165) is 0 Å². The van der Waals surface area contributed by atoms with Crippen LogP contribution >= 0.6 is 0 Å². The third-order valence-corrected chi connectivity index (χ3v) is 3.67. The van der Waals surface area contributed by atoms with E-state index in [1.54, 1.807) is 0 Å². The van der Waals surface area contributed by atoms with Crippen molar-refractivity contribution in [1.29, 1.82) is 0 Å². The number of carbonyl (C=O) groups excluding carboxylic acids is 1. The number of benzene rings is 2. The lowest BCUT2D eigenvalue weighted by molar-refractivity contribution is -0.123. The molecule has 2 aromatic carbocycles. The number of hydrogen-bond acceptors (Lipinski definition) is 2. The van der Waals surface area contributed by atoms with Gasteiger partial charge in [-0.05, 0) is 24.6 Å². The predicted octanol–water partition coefficient (Wildman–Crippen LogP) is 3.47. The SMILES string of the molecule is Cc1ccc(OCC(=O)NCC(C)(C)c2ccccc2)cc1. The van der Waals surface area contributed by atoms with Crippen molar-refractivity contribution in [3.05, 3.63) is 65.7 Å². The maximum atomic E-state index is 11.9. The van der Waals surface area contributed by atoms with Crippen LogP contribution in [0.2, 0.25) is 0 Å². The first-order chi connectivity index (χ1) is 10.5. The largest absolute Gasteiger partial charge is 0.484 e. The van der Waals surface area contributed by atoms with E-state index in [4.69, 9.17) is 4.74 Å². The Kier molecular flexibility index (Phi) is 5.21. The number of carbonyl (C=O) groups is 1. The Morgan fingerprint density at radius 1 is 1.05 bits per heavy atom. The number of hydrogen-bond donors (Lipinski definition) is 1. The first-order valence-corrected chi connectivity index (χ1v) is 7.49. The summed E-state index contributed by atoms with van der Waals surface area (Å²) in [4.78, 5) is 11.9. The van der Waals surface area contributed by atoms with Gasteiger partial charge >= 0.3 is 0 Å². The van der Waals surface area contributed by atoms with Gasteiger partial charge in [0.15, 0.2) is 6.61 Å². The highest BCUT2D eigenvalue weighted by Crippen LogP contribution is 2.21. The molecule has 0 aliphatic rings. The summed E-state index contributed by atoms with van der Waals surface area (Å²) in [6.07, 6.45) is 0. The van der Waals surface area contributed by atoms with Crippen molar-refractivity contribution < 1.29 is 9.53 Å². The fourth-order valence-corrected chi connectivity index (χ4v) is 2.15. The Hall–Kier alpha value is -2.29. The van der Waals surface area contributed by atoms with Gasteiger partial charge in [-0.1, -0.05) is 61.9 Å². The van der Waals surface area contributed by atoms with Crippen molar-refractivity contribution in [2.75, 3.05) is 13.2 Å². The minimum atomic E-state index is -0.110. The van der Waals surface area contributed by atoms with Gasteiger partial charge in [0, 0.05) is 12.0 Å². The molecule has 0 aliphatic heterocycles. The molecule has 0 bridgehead atoms. The van der Waals surface area contributed by atoms with Crippen LogP contribution in [0, 0.1) is 6.92 Å². The monoisotopic (exact) mass is 297 g/mol. The maximum absolute atomic E-state index is 11.9. The third-order valence-electron chi connectivity index (χ3n) is 3.67. The van der Waals surface area contributed by atoms with Crippen LogP contribution in [0.25, 0.3) is 0 Å². The molecule has 0 atom stereocenters. The van der Waals surface area contributed by atoms with Gasteiger partial charge in [0.05, 0.1) is 0 Å². The number of nitrogens with one attached hydrogen (secondary N) is 1. The lowest BCUT2D eigenvalue weighted by atomic mass is 9.84. The molecule has 3 nitrogen and oxygen atoms in total. The molecule has 2 rings (SSSR count). The molecule has 2 aromatic rings. The van der Waals surface area contributed by atoms with Crippen molar-refractivity contribution in [2.24, 2.45) is 0 Å². The Morgan fingerprint density at radius 2 is 1.68 bits per heavy atom. The van der Waals surface area contributed by atoms with E-state index in [-0.39, 0.29) is 17.9 Å². The first-order valence-electron chi connectivity index (χ1n) is 7.49. The van der Waals surface area contributed by atoms with Gasteiger partial charge in [-0.3, -0.25) is 4.79 Å². The topological polar surface area (TPSA) is 38.3 Å². The summed E-state index contributed by atoms with van der Waals surface area (Å²) in [5, 5.41) is 2.94. The van der Waals surface area contributed by atoms with E-state index in [9.17, 15) is 4.79 Å². The van der Waals surface area contributed by atoms with E-state index >= 15 is 0 Å². The molecule has 0 aliphatic carbocycles. The van der Waals surface area contributed by atoms with Crippen LogP contribution in [0.4, 0.5) is 0 Å². The first kappa shape index (κ1) is 16.1. The van der Waals surface area contributed by atoms with Crippen LogP contribution in [0.3, 0.4) is 0 Å². The van der Waals surface area contributed by atoms with Crippen LogP contribution in [-0.2, 0) is 10.2 Å². The van der Waals surface area contributed by atoms with Crippen LogP contribution < -0.4 is 10.1 Å². The van der Waals surface area contributed by atoms with Crippen molar-refractivity contribution in [2.45, 2.75) is 26.2 Å². The van der Waals surface area contributed by atoms with Crippen molar-refractivity contribution >= 4 is 5.91 Å². The lowest BCUT2D eigenvalue weighted by Crippen LogP contribution is -2.38. The molecule has 0 spiro atoms. The molecule has 0 radical (unpaired) electrons. The minimum absolute atomic E-state index is 0.0356. The summed E-state index contributed by atoms with van der Waals surface area (Å²) < 4.78 is 5.48. The zero-order valence-electron chi connectivity index (χ0n) is 13.4. The molecule has 3 heteroatoms. The van der Waals surface area contributed by atoms with Crippen LogP contribution in [0.1, 0.15) is 25.0 Å². The van der Waals surface area contributed by atoms with E-state index < -0.39 is 0 Å². The Bertz CT molecular complexity index is 603. The summed E-state index contributed by atoms with van der Waals surface area (Å²) in [7, 11) is 0. The Morgan fingerprint density at radius 3 is 2.32 bits per heavy atom. The lowest BCUT2D eigenvalue weighted by Gasteiger charge is -2.25. The van der Waals surface area contributed by atoms with Gasteiger partial charge in [-0.2, -0.15) is 0 Å². The number of aryl methyl sites for hydroxylation is 1. The van der Waals surface area contributed by atoms with Crippen LogP contribution in [0.15, 0.2) is 54.6 Å². The van der Waals surface area contributed by atoms with E-state index in [1.807, 2.05) is 49.4 Å². The molecule has 0 saturated heterocycles. The standard InChI is InChI=1S/C19H23NO2/c1-15-9-11-17(12-10-15)22-13-18(21)20-14-19(2,3)16-7-5-4-6-8-16/h4-12H,13-14H2,1-3H3,(H,20,21). The molecule has 0 unspecified atom stereocenters. The molecule has 0 fully saturated rings. The summed E-state index contributed by atoms with van der Waals surface area (Å²) in [6, 6.07) is 17.8. The van der Waals surface area contributed by atoms with Gasteiger partial charge in [0.1, 0.15) is 5.75 Å². The molecule has 0 aromatic heterocycles. The maximum Gasteiger partial charge on any atom is 0.257 e. The fraction of sp³-hybridized carbons (Fsp3) is 0.316. The van der Waals surface area contributed by atoms with Crippen LogP contribution in [0.5, 0.6) is 5.75 Å². The van der Waals surface area contributed by atoms with Gasteiger partial charge < -0.3 is 10.1 Å². The third kappa shape index (κ3) is 4.62. The summed E-state index contributed by atoms with van der Waals surface area (Å²) in [5.41, 5.74) is 2.26. The number of ether oxygens (including phenoxy) is 1. The highest BCUT2D eigenvalue weighted by molar-refractivity contribution is 5.77. The average molecular weight is 297 g/mol. The molecule has 116 valence electrons. The average Bonchev–Trinajstić information content (AvgIpc) is 2.53. The summed E-state index contributed by atoms with van der Waals surface area (Å²) in [5.74, 6) is 0.604. The summed E-state index contributed by atoms with van der Waals surface area (Å²) in [6.45, 7) is 6.86. The minimum Gasteiger partial charge on any atom is -0.484 e. The van der Waals surface area contributed by atoms with Gasteiger partial charge in [0.25, 0.3) is 5.91 Å². The molecule has 22 heavy (non-hydrogen) atoms. The van der Waals surface area contributed by atoms with Crippen molar-refractivity contribution in [1.82, 2.24) is 5.32 Å². The van der Waals surface area contributed by atoms with Gasteiger partial charge in [-0.25, -0.2) is 0 Å². The van der Waals surface area contributed by atoms with Gasteiger partial charge in [0.2, 0.25) is 0 Å². The van der Waals surface area contributed by atoms with E-state index in [1.165, 1.54) is 11.1 Å². The molecule has 1 N–H and O–H groups in total. The van der Waals surface area contributed by atoms with Crippen LogP contribution in [-0.4, -0.2) is 19.1 Å². The molecule has 1 amide bonds. The second kappa shape index (κ2) is 7.12. The predicted molar refractivity (Wildman–Crippen MR) is 89.2 cm³/mol. The highest BCUT2D eigenvalue weighted by Gasteiger charge is 2.21. The number of rotatable bonds is 6.